The van der Waals surface area contributed by atoms with Crippen LogP contribution in [0.2, 0.25) is 0 Å². The van der Waals surface area contributed by atoms with E-state index in [1.165, 1.54) is 0 Å². The van der Waals surface area contributed by atoms with Crippen molar-refractivity contribution in [2.75, 3.05) is 5.32 Å². The van der Waals surface area contributed by atoms with Crippen LogP contribution in [0.3, 0.4) is 0 Å². The quantitative estimate of drug-likeness (QED) is 0.702. The Hall–Kier alpha value is -1.55. The van der Waals surface area contributed by atoms with Gasteiger partial charge in [0.05, 0.1) is 11.7 Å². The molecule has 4 N–H and O–H groups in total. The Labute approximate surface area is 108 Å². The zero-order valence-corrected chi connectivity index (χ0v) is 11.2. The van der Waals surface area contributed by atoms with Crippen molar-refractivity contribution in [2.45, 2.75) is 39.7 Å². The lowest BCUT2D eigenvalue weighted by Gasteiger charge is -2.18. The summed E-state index contributed by atoms with van der Waals surface area (Å²) in [6.07, 6.45) is 1.69. The number of carbonyl (C=O) groups excluding carboxylic acids is 1. The van der Waals surface area contributed by atoms with E-state index in [-0.39, 0.29) is 17.6 Å². The summed E-state index contributed by atoms with van der Waals surface area (Å²) in [4.78, 5) is 11.9. The van der Waals surface area contributed by atoms with Crippen molar-refractivity contribution < 1.29 is 9.90 Å². The average molecular weight is 250 g/mol. The molecule has 0 fully saturated rings. The number of hydrogen-bond donors (Lipinski definition) is 3. The molecule has 4 nitrogen and oxygen atoms in total. The van der Waals surface area contributed by atoms with E-state index >= 15 is 0 Å². The average Bonchev–Trinajstić information content (AvgIpc) is 2.39. The molecule has 0 heterocycles. The van der Waals surface area contributed by atoms with Crippen molar-refractivity contribution >= 4 is 11.6 Å². The van der Waals surface area contributed by atoms with Gasteiger partial charge in [0.1, 0.15) is 5.75 Å². The van der Waals surface area contributed by atoms with Crippen molar-refractivity contribution in [3.05, 3.63) is 23.8 Å². The van der Waals surface area contributed by atoms with Crippen molar-refractivity contribution in [2.24, 2.45) is 11.7 Å². The van der Waals surface area contributed by atoms with E-state index in [1.54, 1.807) is 12.1 Å². The first-order valence-electron chi connectivity index (χ1n) is 6.37. The molecule has 0 spiro atoms. The van der Waals surface area contributed by atoms with Crippen LogP contribution in [0.4, 0.5) is 5.69 Å². The highest BCUT2D eigenvalue weighted by Crippen LogP contribution is 2.25. The molecule has 1 aromatic rings. The van der Waals surface area contributed by atoms with Crippen molar-refractivity contribution in [3.63, 3.8) is 0 Å². The highest BCUT2D eigenvalue weighted by Gasteiger charge is 2.20. The van der Waals surface area contributed by atoms with Gasteiger partial charge in [0.2, 0.25) is 5.91 Å². The van der Waals surface area contributed by atoms with Gasteiger partial charge in [-0.15, -0.1) is 0 Å². The number of phenolic OH excluding ortho intramolecular Hbond substituents is 1. The van der Waals surface area contributed by atoms with Crippen LogP contribution in [0, 0.1) is 5.92 Å². The maximum atomic E-state index is 11.9. The number of nitrogens with one attached hydrogen (secondary N) is 1. The second kappa shape index (κ2) is 6.40. The Morgan fingerprint density at radius 1 is 1.44 bits per heavy atom. The normalized spacial score (nSPS) is 14.0. The third-order valence-corrected chi connectivity index (χ3v) is 3.29. The van der Waals surface area contributed by atoms with Crippen LogP contribution < -0.4 is 11.1 Å². The molecule has 100 valence electrons. The summed E-state index contributed by atoms with van der Waals surface area (Å²) in [6, 6.07) is 4.64. The first-order chi connectivity index (χ1) is 8.49. The first kappa shape index (κ1) is 14.5. The molecule has 18 heavy (non-hydrogen) atoms. The van der Waals surface area contributed by atoms with Gasteiger partial charge in [0, 0.05) is 0 Å². The van der Waals surface area contributed by atoms with Crippen LogP contribution in [-0.2, 0) is 11.2 Å². The van der Waals surface area contributed by atoms with Gasteiger partial charge in [-0.05, 0) is 30.0 Å². The van der Waals surface area contributed by atoms with Crippen LogP contribution in [-0.4, -0.2) is 17.1 Å². The summed E-state index contributed by atoms with van der Waals surface area (Å²) < 4.78 is 0. The molecule has 4 heteroatoms. The number of benzene rings is 1. The monoisotopic (exact) mass is 250 g/mol. The summed E-state index contributed by atoms with van der Waals surface area (Å²) in [5.41, 5.74) is 7.33. The lowest BCUT2D eigenvalue weighted by molar-refractivity contribution is -0.118. The standard InChI is InChI=1S/C14H22N2O2/c1-4-9(3)13(15)14(18)16-11-8-10(5-2)6-7-12(11)17/h6-9,13,17H,4-5,15H2,1-3H3,(H,16,18)/t9?,13-/m0/s1. The first-order valence-corrected chi connectivity index (χ1v) is 6.37. The molecule has 2 atom stereocenters. The lowest BCUT2D eigenvalue weighted by atomic mass is 9.99. The Balaban J connectivity index is 2.81. The molecule has 1 unspecified atom stereocenters. The van der Waals surface area contributed by atoms with Gasteiger partial charge in [0.25, 0.3) is 0 Å². The number of hydrogen-bond acceptors (Lipinski definition) is 3. The lowest BCUT2D eigenvalue weighted by Crippen LogP contribution is -2.40. The summed E-state index contributed by atoms with van der Waals surface area (Å²) in [5.74, 6) is -0.0775. The van der Waals surface area contributed by atoms with E-state index in [4.69, 9.17) is 5.73 Å². The Bertz CT molecular complexity index is 418. The van der Waals surface area contributed by atoms with E-state index in [0.717, 1.165) is 18.4 Å². The molecule has 0 aromatic heterocycles. The zero-order chi connectivity index (χ0) is 13.7. The van der Waals surface area contributed by atoms with Crippen molar-refractivity contribution in [1.82, 2.24) is 0 Å². The third-order valence-electron chi connectivity index (χ3n) is 3.29. The maximum Gasteiger partial charge on any atom is 0.241 e. The number of anilines is 1. The minimum atomic E-state index is -0.556. The van der Waals surface area contributed by atoms with Crippen LogP contribution in [0.1, 0.15) is 32.8 Å². The van der Waals surface area contributed by atoms with Crippen molar-refractivity contribution in [1.29, 1.82) is 0 Å². The molecule has 0 aliphatic heterocycles. The Kier molecular flexibility index (Phi) is 5.16. The highest BCUT2D eigenvalue weighted by atomic mass is 16.3. The largest absolute Gasteiger partial charge is 0.506 e. The number of rotatable bonds is 5. The molecule has 1 aromatic carbocycles. The highest BCUT2D eigenvalue weighted by molar-refractivity contribution is 5.96. The van der Waals surface area contributed by atoms with Crippen molar-refractivity contribution in [3.8, 4) is 5.75 Å². The van der Waals surface area contributed by atoms with Gasteiger partial charge >= 0.3 is 0 Å². The van der Waals surface area contributed by atoms with Gasteiger partial charge in [-0.3, -0.25) is 4.79 Å². The fraction of sp³-hybridized carbons (Fsp3) is 0.500. The van der Waals surface area contributed by atoms with E-state index < -0.39 is 6.04 Å². The molecule has 0 saturated heterocycles. The molecule has 0 bridgehead atoms. The minimum Gasteiger partial charge on any atom is -0.506 e. The number of nitrogens with two attached hydrogens (primary N) is 1. The molecule has 0 radical (unpaired) electrons. The molecular formula is C14H22N2O2. The summed E-state index contributed by atoms with van der Waals surface area (Å²) in [7, 11) is 0. The minimum absolute atomic E-state index is 0.0666. The molecule has 1 rings (SSSR count). The smallest absolute Gasteiger partial charge is 0.241 e. The van der Waals surface area contributed by atoms with Crippen LogP contribution in [0.15, 0.2) is 18.2 Å². The predicted octanol–water partition coefficient (Wildman–Crippen LogP) is 2.27. The van der Waals surface area contributed by atoms with Crippen LogP contribution >= 0.6 is 0 Å². The topological polar surface area (TPSA) is 75.3 Å². The number of amides is 1. The number of carbonyl (C=O) groups is 1. The fourth-order valence-corrected chi connectivity index (χ4v) is 1.63. The molecule has 1 amide bonds. The van der Waals surface area contributed by atoms with Gasteiger partial charge in [-0.2, -0.15) is 0 Å². The summed E-state index contributed by atoms with van der Waals surface area (Å²) >= 11 is 0. The molecule has 0 aliphatic carbocycles. The predicted molar refractivity (Wildman–Crippen MR) is 73.5 cm³/mol. The molecule has 0 aliphatic rings. The van der Waals surface area contributed by atoms with E-state index in [1.807, 2.05) is 26.8 Å². The zero-order valence-electron chi connectivity index (χ0n) is 11.2. The maximum absolute atomic E-state index is 11.9. The van der Waals surface area contributed by atoms with Gasteiger partial charge < -0.3 is 16.2 Å². The number of aryl methyl sites for hydroxylation is 1. The second-order valence-electron chi connectivity index (χ2n) is 4.61. The van der Waals surface area contributed by atoms with Gasteiger partial charge in [-0.25, -0.2) is 0 Å². The Morgan fingerprint density at radius 3 is 2.67 bits per heavy atom. The SMILES string of the molecule is CCc1ccc(O)c(NC(=O)[C@@H](N)C(C)CC)c1. The molecular weight excluding hydrogens is 228 g/mol. The van der Waals surface area contributed by atoms with Crippen LogP contribution in [0.25, 0.3) is 0 Å². The summed E-state index contributed by atoms with van der Waals surface area (Å²) in [5, 5.41) is 12.4. The van der Waals surface area contributed by atoms with E-state index in [2.05, 4.69) is 5.32 Å². The number of aromatic hydroxyl groups is 1. The Morgan fingerprint density at radius 2 is 2.11 bits per heavy atom. The van der Waals surface area contributed by atoms with E-state index in [0.29, 0.717) is 5.69 Å². The molecule has 0 saturated carbocycles. The third kappa shape index (κ3) is 3.47. The van der Waals surface area contributed by atoms with Gasteiger partial charge in [0.15, 0.2) is 0 Å². The fourth-order valence-electron chi connectivity index (χ4n) is 1.63. The van der Waals surface area contributed by atoms with Crippen LogP contribution in [0.5, 0.6) is 5.75 Å². The summed E-state index contributed by atoms with van der Waals surface area (Å²) in [6.45, 7) is 5.95. The number of phenols is 1. The van der Waals surface area contributed by atoms with E-state index in [9.17, 15) is 9.90 Å². The van der Waals surface area contributed by atoms with Gasteiger partial charge in [-0.1, -0.05) is 33.3 Å². The second-order valence-corrected chi connectivity index (χ2v) is 4.61.